The predicted octanol–water partition coefficient (Wildman–Crippen LogP) is 4.01. The number of benzene rings is 1. The molecule has 0 aliphatic rings. The summed E-state index contributed by atoms with van der Waals surface area (Å²) in [6.07, 6.45) is 4.75. The Kier molecular flexibility index (Phi) is 6.32. The standard InChI is InChI=1S/C18H20ClNO4/c1-4-23-16-11-13(10-15(19)18(16)22-3)7-8-17(21)20(2)12-14-6-5-9-24-14/h5-11H,4,12H2,1-3H3/b8-7+. The van der Waals surface area contributed by atoms with Crippen LogP contribution in [0.15, 0.2) is 41.0 Å². The summed E-state index contributed by atoms with van der Waals surface area (Å²) in [6.45, 7) is 2.78. The molecule has 5 nitrogen and oxygen atoms in total. The van der Waals surface area contributed by atoms with Crippen molar-refractivity contribution in [3.05, 3.63) is 53.0 Å². The molecule has 0 N–H and O–H groups in total. The van der Waals surface area contributed by atoms with Crippen molar-refractivity contribution in [1.29, 1.82) is 0 Å². The zero-order chi connectivity index (χ0) is 17.5. The molecular formula is C18H20ClNO4. The smallest absolute Gasteiger partial charge is 0.246 e. The Morgan fingerprint density at radius 1 is 1.42 bits per heavy atom. The van der Waals surface area contributed by atoms with Crippen molar-refractivity contribution in [2.45, 2.75) is 13.5 Å². The molecule has 0 unspecified atom stereocenters. The number of methoxy groups -OCH3 is 1. The van der Waals surface area contributed by atoms with E-state index in [0.29, 0.717) is 29.7 Å². The van der Waals surface area contributed by atoms with E-state index >= 15 is 0 Å². The molecule has 0 aliphatic heterocycles. The number of ether oxygens (including phenoxy) is 2. The normalized spacial score (nSPS) is 10.8. The third-order valence-corrected chi connectivity index (χ3v) is 3.58. The van der Waals surface area contributed by atoms with E-state index in [0.717, 1.165) is 11.3 Å². The highest BCUT2D eigenvalue weighted by Crippen LogP contribution is 2.36. The van der Waals surface area contributed by atoms with Gasteiger partial charge in [0.2, 0.25) is 5.91 Å². The first-order chi connectivity index (χ1) is 11.5. The van der Waals surface area contributed by atoms with Crippen LogP contribution in [0.4, 0.5) is 0 Å². The molecule has 0 bridgehead atoms. The van der Waals surface area contributed by atoms with Gasteiger partial charge < -0.3 is 18.8 Å². The first-order valence-electron chi connectivity index (χ1n) is 7.51. The molecule has 128 valence electrons. The van der Waals surface area contributed by atoms with E-state index in [1.165, 1.54) is 13.2 Å². The van der Waals surface area contributed by atoms with Gasteiger partial charge in [0.15, 0.2) is 11.5 Å². The third kappa shape index (κ3) is 4.55. The SMILES string of the molecule is CCOc1cc(/C=C/C(=O)N(C)Cc2ccco2)cc(Cl)c1OC. The number of carbonyl (C=O) groups is 1. The maximum absolute atomic E-state index is 12.2. The van der Waals surface area contributed by atoms with Gasteiger partial charge in [-0.25, -0.2) is 0 Å². The van der Waals surface area contributed by atoms with Gasteiger partial charge in [0.1, 0.15) is 5.76 Å². The maximum Gasteiger partial charge on any atom is 0.246 e. The van der Waals surface area contributed by atoms with E-state index in [2.05, 4.69) is 0 Å². The number of carbonyl (C=O) groups excluding carboxylic acids is 1. The van der Waals surface area contributed by atoms with Gasteiger partial charge in [0.05, 0.1) is 31.5 Å². The number of furan rings is 1. The summed E-state index contributed by atoms with van der Waals surface area (Å²) in [5, 5.41) is 0.430. The summed E-state index contributed by atoms with van der Waals surface area (Å²) < 4.78 is 16.0. The van der Waals surface area contributed by atoms with Crippen LogP contribution in [0.5, 0.6) is 11.5 Å². The van der Waals surface area contributed by atoms with Crippen molar-refractivity contribution in [3.8, 4) is 11.5 Å². The molecule has 0 spiro atoms. The Morgan fingerprint density at radius 3 is 2.83 bits per heavy atom. The molecule has 6 heteroatoms. The van der Waals surface area contributed by atoms with Gasteiger partial charge in [-0.15, -0.1) is 0 Å². The molecule has 1 amide bonds. The minimum Gasteiger partial charge on any atom is -0.491 e. The summed E-state index contributed by atoms with van der Waals surface area (Å²) >= 11 is 6.20. The number of halogens is 1. The highest BCUT2D eigenvalue weighted by Gasteiger charge is 2.11. The maximum atomic E-state index is 12.2. The van der Waals surface area contributed by atoms with Gasteiger partial charge in [0.25, 0.3) is 0 Å². The van der Waals surface area contributed by atoms with Gasteiger partial charge in [0, 0.05) is 13.1 Å². The molecule has 1 aromatic heterocycles. The van der Waals surface area contributed by atoms with Crippen molar-refractivity contribution < 1.29 is 18.7 Å². The van der Waals surface area contributed by atoms with Crippen molar-refractivity contribution in [3.63, 3.8) is 0 Å². The highest BCUT2D eigenvalue weighted by molar-refractivity contribution is 6.32. The van der Waals surface area contributed by atoms with Gasteiger partial charge in [-0.3, -0.25) is 4.79 Å². The molecule has 0 aliphatic carbocycles. The van der Waals surface area contributed by atoms with E-state index < -0.39 is 0 Å². The second kappa shape index (κ2) is 8.45. The lowest BCUT2D eigenvalue weighted by molar-refractivity contribution is -0.125. The minimum atomic E-state index is -0.142. The first kappa shape index (κ1) is 17.9. The highest BCUT2D eigenvalue weighted by atomic mass is 35.5. The van der Waals surface area contributed by atoms with Crippen LogP contribution in [-0.4, -0.2) is 31.6 Å². The molecule has 0 saturated carbocycles. The second-order valence-electron chi connectivity index (χ2n) is 5.07. The fourth-order valence-electron chi connectivity index (χ4n) is 2.15. The lowest BCUT2D eigenvalue weighted by atomic mass is 10.2. The number of likely N-dealkylation sites (N-methyl/N-ethyl adjacent to an activating group) is 1. The van der Waals surface area contributed by atoms with Crippen LogP contribution in [-0.2, 0) is 11.3 Å². The van der Waals surface area contributed by atoms with Crippen LogP contribution in [0.2, 0.25) is 5.02 Å². The number of hydrogen-bond donors (Lipinski definition) is 0. The molecule has 0 fully saturated rings. The van der Waals surface area contributed by atoms with Crippen LogP contribution < -0.4 is 9.47 Å². The van der Waals surface area contributed by atoms with Crippen molar-refractivity contribution in [1.82, 2.24) is 4.90 Å². The van der Waals surface area contributed by atoms with E-state index in [1.54, 1.807) is 42.5 Å². The quantitative estimate of drug-likeness (QED) is 0.709. The zero-order valence-electron chi connectivity index (χ0n) is 13.9. The Hall–Kier alpha value is -2.40. The Labute approximate surface area is 146 Å². The Bertz CT molecular complexity index is 710. The number of amides is 1. The average Bonchev–Trinajstić information content (AvgIpc) is 3.05. The molecule has 0 radical (unpaired) electrons. The van der Waals surface area contributed by atoms with Crippen LogP contribution in [0.3, 0.4) is 0 Å². The van der Waals surface area contributed by atoms with E-state index in [1.807, 2.05) is 13.0 Å². The van der Waals surface area contributed by atoms with E-state index in [-0.39, 0.29) is 5.91 Å². The molecule has 0 atom stereocenters. The number of rotatable bonds is 7. The minimum absolute atomic E-state index is 0.142. The largest absolute Gasteiger partial charge is 0.491 e. The third-order valence-electron chi connectivity index (χ3n) is 3.30. The fourth-order valence-corrected chi connectivity index (χ4v) is 2.45. The summed E-state index contributed by atoms with van der Waals surface area (Å²) in [5.41, 5.74) is 0.754. The molecule has 2 aromatic rings. The molecule has 2 rings (SSSR count). The average molecular weight is 350 g/mol. The Balaban J connectivity index is 2.11. The van der Waals surface area contributed by atoms with Gasteiger partial charge in [-0.05, 0) is 42.8 Å². The van der Waals surface area contributed by atoms with Crippen LogP contribution in [0.25, 0.3) is 6.08 Å². The molecule has 24 heavy (non-hydrogen) atoms. The molecular weight excluding hydrogens is 330 g/mol. The number of nitrogens with zero attached hydrogens (tertiary/aromatic N) is 1. The van der Waals surface area contributed by atoms with Gasteiger partial charge in [-0.1, -0.05) is 11.6 Å². The lowest BCUT2D eigenvalue weighted by Crippen LogP contribution is -2.23. The topological polar surface area (TPSA) is 51.9 Å². The van der Waals surface area contributed by atoms with Crippen LogP contribution >= 0.6 is 11.6 Å². The van der Waals surface area contributed by atoms with Gasteiger partial charge in [-0.2, -0.15) is 0 Å². The molecule has 1 aromatic carbocycles. The number of hydrogen-bond acceptors (Lipinski definition) is 4. The fraction of sp³-hybridized carbons (Fsp3) is 0.278. The second-order valence-corrected chi connectivity index (χ2v) is 5.48. The van der Waals surface area contributed by atoms with E-state index in [9.17, 15) is 4.79 Å². The monoisotopic (exact) mass is 349 g/mol. The van der Waals surface area contributed by atoms with Crippen molar-refractivity contribution in [2.75, 3.05) is 20.8 Å². The summed E-state index contributed by atoms with van der Waals surface area (Å²) in [6, 6.07) is 7.12. The summed E-state index contributed by atoms with van der Waals surface area (Å²) in [7, 11) is 3.24. The van der Waals surface area contributed by atoms with Crippen molar-refractivity contribution >= 4 is 23.6 Å². The van der Waals surface area contributed by atoms with Gasteiger partial charge >= 0.3 is 0 Å². The predicted molar refractivity (Wildman–Crippen MR) is 93.4 cm³/mol. The van der Waals surface area contributed by atoms with E-state index in [4.69, 9.17) is 25.5 Å². The molecule has 1 heterocycles. The Morgan fingerprint density at radius 2 is 2.21 bits per heavy atom. The zero-order valence-corrected chi connectivity index (χ0v) is 14.7. The first-order valence-corrected chi connectivity index (χ1v) is 7.88. The molecule has 0 saturated heterocycles. The van der Waals surface area contributed by atoms with Crippen LogP contribution in [0.1, 0.15) is 18.2 Å². The lowest BCUT2D eigenvalue weighted by Gasteiger charge is -2.13. The van der Waals surface area contributed by atoms with Crippen molar-refractivity contribution in [2.24, 2.45) is 0 Å². The summed E-state index contributed by atoms with van der Waals surface area (Å²) in [4.78, 5) is 13.7. The summed E-state index contributed by atoms with van der Waals surface area (Å²) in [5.74, 6) is 1.61. The van der Waals surface area contributed by atoms with Crippen LogP contribution in [0, 0.1) is 0 Å².